The predicted molar refractivity (Wildman–Crippen MR) is 156 cm³/mol. The highest BCUT2D eigenvalue weighted by Gasteiger charge is 2.54. The molecule has 4 heterocycles. The molecule has 2 aliphatic heterocycles. The lowest BCUT2D eigenvalue weighted by Gasteiger charge is -2.27. The van der Waals surface area contributed by atoms with Crippen LogP contribution in [0.2, 0.25) is 0 Å². The van der Waals surface area contributed by atoms with E-state index in [0.717, 1.165) is 4.90 Å². The van der Waals surface area contributed by atoms with Crippen molar-refractivity contribution in [2.24, 2.45) is 0 Å². The number of nitrogens with zero attached hydrogens (tertiary/aromatic N) is 6. The van der Waals surface area contributed by atoms with Gasteiger partial charge in [0.1, 0.15) is 29.9 Å². The van der Waals surface area contributed by atoms with Crippen LogP contribution in [0.15, 0.2) is 6.33 Å². The van der Waals surface area contributed by atoms with Gasteiger partial charge in [0.05, 0.1) is 26.1 Å². The third-order valence-corrected chi connectivity index (χ3v) is 11.2. The van der Waals surface area contributed by atoms with Gasteiger partial charge in [-0.1, -0.05) is 11.4 Å². The zero-order chi connectivity index (χ0) is 32.7. The Morgan fingerprint density at radius 3 is 2.57 bits per heavy atom. The second-order valence-corrected chi connectivity index (χ2v) is 15.2. The van der Waals surface area contributed by atoms with E-state index in [4.69, 9.17) is 24.5 Å². The van der Waals surface area contributed by atoms with Gasteiger partial charge in [0, 0.05) is 19.8 Å². The molecule has 44 heavy (non-hydrogen) atoms. The summed E-state index contributed by atoms with van der Waals surface area (Å²) in [4.78, 5) is 51.9. The standard InChI is InChI=1S/C24H37N8O10PS/c1-11(2)41-20(35)12(3)29-43(38,44-9-13-19(34)31(6)23(36)30(13)5)40-8-14-16(33)24(4,37)21(42-14)32-10-26-15-17(32)27-22(25)28-18(15)39-7/h10-14,16,21,33,37H,8-9H2,1-7H3,(H,29,38)(H2,25,27,28)/t12-,13-,14+,16+,21+,24+,43-/m0/s1. The molecule has 2 fully saturated rings. The van der Waals surface area contributed by atoms with Crippen molar-refractivity contribution in [3.05, 3.63) is 6.33 Å². The van der Waals surface area contributed by atoms with Gasteiger partial charge in [0.15, 0.2) is 17.4 Å². The van der Waals surface area contributed by atoms with Crippen molar-refractivity contribution in [3.8, 4) is 5.88 Å². The summed E-state index contributed by atoms with van der Waals surface area (Å²) in [5.74, 6) is -1.36. The highest BCUT2D eigenvalue weighted by atomic mass is 32.7. The number of aromatic nitrogens is 4. The van der Waals surface area contributed by atoms with Gasteiger partial charge in [-0.2, -0.15) is 9.97 Å². The number of ether oxygens (including phenoxy) is 3. The number of fused-ring (bicyclic) bond motifs is 1. The van der Waals surface area contributed by atoms with E-state index in [-0.39, 0.29) is 28.7 Å². The number of aliphatic hydroxyl groups is 2. The van der Waals surface area contributed by atoms with Crippen molar-refractivity contribution in [3.63, 3.8) is 0 Å². The molecule has 4 rings (SSSR count). The van der Waals surface area contributed by atoms with Gasteiger partial charge in [0.2, 0.25) is 11.8 Å². The maximum Gasteiger partial charge on any atom is 0.327 e. The molecule has 2 aromatic heterocycles. The van der Waals surface area contributed by atoms with Crippen molar-refractivity contribution >= 4 is 53.1 Å². The third kappa shape index (κ3) is 6.49. The Labute approximate surface area is 256 Å². The van der Waals surface area contributed by atoms with Crippen molar-refractivity contribution < 1.29 is 47.9 Å². The maximum atomic E-state index is 14.1. The molecule has 0 aliphatic carbocycles. The number of carbonyl (C=O) groups excluding carboxylic acids is 3. The minimum Gasteiger partial charge on any atom is -0.479 e. The molecule has 2 aromatic rings. The number of carbonyl (C=O) groups is 3. The quantitative estimate of drug-likeness (QED) is 0.134. The zero-order valence-electron chi connectivity index (χ0n) is 25.2. The second kappa shape index (κ2) is 12.7. The number of methoxy groups -OCH3 is 1. The number of nitrogen functional groups attached to an aromatic ring is 1. The molecule has 0 bridgehead atoms. The Morgan fingerprint density at radius 2 is 1.98 bits per heavy atom. The van der Waals surface area contributed by atoms with Crippen LogP contribution in [0.4, 0.5) is 10.7 Å². The summed E-state index contributed by atoms with van der Waals surface area (Å²) in [6.45, 7) is 1.50. The normalized spacial score (nSPS) is 27.8. The fourth-order valence-electron chi connectivity index (χ4n) is 4.71. The number of urea groups is 1. The lowest BCUT2D eigenvalue weighted by molar-refractivity contribution is -0.149. The smallest absolute Gasteiger partial charge is 0.327 e. The molecule has 0 aromatic carbocycles. The molecule has 5 N–H and O–H groups in total. The fraction of sp³-hybridized carbons (Fsp3) is 0.667. The second-order valence-electron chi connectivity index (χ2n) is 10.8. The van der Waals surface area contributed by atoms with Gasteiger partial charge in [-0.05, 0) is 27.7 Å². The van der Waals surface area contributed by atoms with Crippen LogP contribution in [0.5, 0.6) is 5.88 Å². The number of rotatable bonds is 12. The van der Waals surface area contributed by atoms with Gasteiger partial charge in [-0.3, -0.25) is 23.6 Å². The average molecular weight is 661 g/mol. The molecule has 20 heteroatoms. The Hall–Kier alpha value is -3.06. The van der Waals surface area contributed by atoms with Crippen LogP contribution in [0.3, 0.4) is 0 Å². The number of esters is 1. The number of aliphatic hydroxyl groups excluding tert-OH is 1. The molecule has 0 spiro atoms. The number of amides is 3. The first-order chi connectivity index (χ1) is 20.5. The number of hydrogen-bond acceptors (Lipinski definition) is 15. The summed E-state index contributed by atoms with van der Waals surface area (Å²) in [6.07, 6.45) is -3.16. The molecule has 2 aliphatic rings. The molecule has 3 amide bonds. The number of nitrogens with one attached hydrogen (secondary N) is 1. The van der Waals surface area contributed by atoms with E-state index >= 15 is 0 Å². The van der Waals surface area contributed by atoms with E-state index in [1.165, 1.54) is 50.8 Å². The topological polar surface area (TPSA) is 234 Å². The summed E-state index contributed by atoms with van der Waals surface area (Å²) in [5, 5.41) is 25.0. The van der Waals surface area contributed by atoms with Gasteiger partial charge in [0.25, 0.3) is 5.91 Å². The molecule has 0 radical (unpaired) electrons. The number of imide groups is 1. The van der Waals surface area contributed by atoms with Gasteiger partial charge < -0.3 is 39.6 Å². The van der Waals surface area contributed by atoms with Crippen molar-refractivity contribution in [1.82, 2.24) is 34.4 Å². The summed E-state index contributed by atoms with van der Waals surface area (Å²) < 4.78 is 37.6. The molecule has 0 unspecified atom stereocenters. The molecule has 2 saturated heterocycles. The average Bonchev–Trinajstić information content (AvgIpc) is 3.52. The number of anilines is 1. The Morgan fingerprint density at radius 1 is 1.30 bits per heavy atom. The first kappa shape index (κ1) is 33.8. The molecule has 0 saturated carbocycles. The van der Waals surface area contributed by atoms with Gasteiger partial charge >= 0.3 is 18.7 Å². The number of nitrogens with two attached hydrogens (primary N) is 1. The number of imidazole rings is 1. The highest BCUT2D eigenvalue weighted by Crippen LogP contribution is 2.57. The van der Waals surface area contributed by atoms with Crippen LogP contribution in [-0.4, -0.2) is 127 Å². The minimum absolute atomic E-state index is 0.0951. The number of hydrogen-bond donors (Lipinski definition) is 4. The summed E-state index contributed by atoms with van der Waals surface area (Å²) in [5.41, 5.74) is 4.28. The zero-order valence-corrected chi connectivity index (χ0v) is 26.9. The molecular weight excluding hydrogens is 623 g/mol. The van der Waals surface area contributed by atoms with Crippen LogP contribution in [0.25, 0.3) is 11.2 Å². The lowest BCUT2D eigenvalue weighted by atomic mass is 9.96. The van der Waals surface area contributed by atoms with E-state index in [1.54, 1.807) is 13.8 Å². The van der Waals surface area contributed by atoms with Crippen LogP contribution in [-0.2, 0) is 28.2 Å². The van der Waals surface area contributed by atoms with E-state index in [1.807, 2.05) is 0 Å². The first-order valence-electron chi connectivity index (χ1n) is 13.5. The third-order valence-electron chi connectivity index (χ3n) is 7.15. The molecule has 7 atom stereocenters. The van der Waals surface area contributed by atoms with Crippen LogP contribution in [0.1, 0.15) is 33.9 Å². The minimum atomic E-state index is -4.06. The first-order valence-corrected chi connectivity index (χ1v) is 16.7. The predicted octanol–water partition coefficient (Wildman–Crippen LogP) is 0.106. The SMILES string of the molecule is COc1nc(N)nc2c1ncn2[C@@H]1O[C@H](CO[P@@](=O)(N[C@@H](C)C(=O)OC(C)C)SC[C@H]2C(=O)N(C)C(=O)N2C)[C@@H](O)[C@@]1(C)O. The van der Waals surface area contributed by atoms with Crippen LogP contribution < -0.4 is 15.6 Å². The fourth-order valence-corrected chi connectivity index (χ4v) is 8.68. The van der Waals surface area contributed by atoms with Gasteiger partial charge in [-0.25, -0.2) is 14.9 Å². The van der Waals surface area contributed by atoms with E-state index in [9.17, 15) is 29.2 Å². The highest BCUT2D eigenvalue weighted by molar-refractivity contribution is 8.56. The maximum absolute atomic E-state index is 14.1. The summed E-state index contributed by atoms with van der Waals surface area (Å²) in [7, 11) is 4.16. The lowest BCUT2D eigenvalue weighted by Crippen LogP contribution is -2.44. The largest absolute Gasteiger partial charge is 0.479 e. The summed E-state index contributed by atoms with van der Waals surface area (Å²) in [6, 6.07) is -2.56. The van der Waals surface area contributed by atoms with Crippen LogP contribution >= 0.6 is 18.1 Å². The Balaban J connectivity index is 1.55. The molecule has 244 valence electrons. The Bertz CT molecular complexity index is 1470. The van der Waals surface area contributed by atoms with E-state index < -0.39 is 73.5 Å². The number of likely N-dealkylation sites (N-methyl/N-ethyl adjacent to an activating group) is 2. The Kier molecular flexibility index (Phi) is 9.80. The molecular formula is C24H37N8O10PS. The molecule has 18 nitrogen and oxygen atoms in total. The summed E-state index contributed by atoms with van der Waals surface area (Å²) >= 11 is 0.701. The van der Waals surface area contributed by atoms with Crippen molar-refractivity contribution in [1.29, 1.82) is 0 Å². The monoisotopic (exact) mass is 660 g/mol. The van der Waals surface area contributed by atoms with E-state index in [0.29, 0.717) is 11.4 Å². The van der Waals surface area contributed by atoms with Crippen molar-refractivity contribution in [2.45, 2.75) is 69.9 Å². The van der Waals surface area contributed by atoms with Crippen molar-refractivity contribution in [2.75, 3.05) is 39.3 Å². The van der Waals surface area contributed by atoms with E-state index in [2.05, 4.69) is 20.0 Å². The van der Waals surface area contributed by atoms with Crippen LogP contribution in [0, 0.1) is 0 Å². The van der Waals surface area contributed by atoms with Gasteiger partial charge in [-0.15, -0.1) is 0 Å².